The molecule has 1 aliphatic heterocycles. The maximum absolute atomic E-state index is 11.7. The summed E-state index contributed by atoms with van der Waals surface area (Å²) in [5, 5.41) is 0. The van der Waals surface area contributed by atoms with Gasteiger partial charge in [-0.3, -0.25) is 9.69 Å². The molecule has 0 bridgehead atoms. The van der Waals surface area contributed by atoms with Gasteiger partial charge in [0.05, 0.1) is 12.7 Å². The van der Waals surface area contributed by atoms with Gasteiger partial charge in [0.2, 0.25) is 0 Å². The van der Waals surface area contributed by atoms with E-state index >= 15 is 0 Å². The minimum Gasteiger partial charge on any atom is -0.465 e. The highest BCUT2D eigenvalue weighted by molar-refractivity contribution is 5.75. The van der Waals surface area contributed by atoms with E-state index in [9.17, 15) is 4.79 Å². The number of rotatable bonds is 5. The Kier molecular flexibility index (Phi) is 5.77. The standard InChI is InChI=1S/C12H23NO3/c1-4-11(12(14)16-5-2)13-8-6-10(15-3)7-9-13/h10-11H,4-9H2,1-3H3. The van der Waals surface area contributed by atoms with Gasteiger partial charge in [0.25, 0.3) is 0 Å². The predicted octanol–water partition coefficient (Wildman–Crippen LogP) is 1.44. The first-order valence-electron chi connectivity index (χ1n) is 6.16. The maximum Gasteiger partial charge on any atom is 0.323 e. The topological polar surface area (TPSA) is 38.8 Å². The smallest absolute Gasteiger partial charge is 0.323 e. The lowest BCUT2D eigenvalue weighted by Gasteiger charge is -2.35. The van der Waals surface area contributed by atoms with E-state index in [2.05, 4.69) is 4.90 Å². The average Bonchev–Trinajstić information content (AvgIpc) is 2.31. The Bertz CT molecular complexity index is 212. The molecule has 1 heterocycles. The molecule has 0 aromatic heterocycles. The van der Waals surface area contributed by atoms with Gasteiger partial charge in [-0.25, -0.2) is 0 Å². The van der Waals surface area contributed by atoms with Crippen LogP contribution in [0.15, 0.2) is 0 Å². The van der Waals surface area contributed by atoms with Gasteiger partial charge in [-0.2, -0.15) is 0 Å². The Balaban J connectivity index is 2.45. The number of likely N-dealkylation sites (tertiary alicyclic amines) is 1. The van der Waals surface area contributed by atoms with Crippen LogP contribution in [0.5, 0.6) is 0 Å². The third-order valence-electron chi connectivity index (χ3n) is 3.20. The zero-order chi connectivity index (χ0) is 12.0. The lowest BCUT2D eigenvalue weighted by molar-refractivity contribution is -0.150. The first kappa shape index (κ1) is 13.5. The number of esters is 1. The van der Waals surface area contributed by atoms with E-state index in [1.807, 2.05) is 13.8 Å². The Hall–Kier alpha value is -0.610. The van der Waals surface area contributed by atoms with Crippen LogP contribution in [-0.2, 0) is 14.3 Å². The van der Waals surface area contributed by atoms with E-state index in [0.29, 0.717) is 12.7 Å². The molecule has 0 saturated carbocycles. The summed E-state index contributed by atoms with van der Waals surface area (Å²) >= 11 is 0. The van der Waals surface area contributed by atoms with Gasteiger partial charge >= 0.3 is 5.97 Å². The van der Waals surface area contributed by atoms with Gasteiger partial charge in [0, 0.05) is 20.2 Å². The summed E-state index contributed by atoms with van der Waals surface area (Å²) in [6.45, 7) is 6.20. The molecule has 4 heteroatoms. The molecule has 1 aliphatic rings. The van der Waals surface area contributed by atoms with Crippen LogP contribution in [0.1, 0.15) is 33.1 Å². The van der Waals surface area contributed by atoms with Crippen LogP contribution in [0.4, 0.5) is 0 Å². The summed E-state index contributed by atoms with van der Waals surface area (Å²) in [5.74, 6) is -0.0825. The number of nitrogens with zero attached hydrogens (tertiary/aromatic N) is 1. The van der Waals surface area contributed by atoms with Crippen molar-refractivity contribution < 1.29 is 14.3 Å². The zero-order valence-electron chi connectivity index (χ0n) is 10.6. The highest BCUT2D eigenvalue weighted by Crippen LogP contribution is 2.17. The van der Waals surface area contributed by atoms with Crippen molar-refractivity contribution in [3.8, 4) is 0 Å². The summed E-state index contributed by atoms with van der Waals surface area (Å²) < 4.78 is 10.4. The third-order valence-corrected chi connectivity index (χ3v) is 3.20. The van der Waals surface area contributed by atoms with Crippen LogP contribution in [0, 0.1) is 0 Å². The number of hydrogen-bond acceptors (Lipinski definition) is 4. The van der Waals surface area contributed by atoms with Crippen molar-refractivity contribution in [1.82, 2.24) is 4.90 Å². The first-order chi connectivity index (χ1) is 7.72. The fourth-order valence-corrected chi connectivity index (χ4v) is 2.24. The fourth-order valence-electron chi connectivity index (χ4n) is 2.24. The van der Waals surface area contributed by atoms with Gasteiger partial charge in [-0.05, 0) is 26.2 Å². The number of hydrogen-bond donors (Lipinski definition) is 0. The average molecular weight is 229 g/mol. The third kappa shape index (κ3) is 3.46. The largest absolute Gasteiger partial charge is 0.465 e. The Morgan fingerprint density at radius 2 is 2.00 bits per heavy atom. The number of carbonyl (C=O) groups excluding carboxylic acids is 1. The molecule has 0 aliphatic carbocycles. The molecule has 0 spiro atoms. The van der Waals surface area contributed by atoms with E-state index in [-0.39, 0.29) is 12.0 Å². The summed E-state index contributed by atoms with van der Waals surface area (Å²) in [4.78, 5) is 13.9. The minimum atomic E-state index is -0.0825. The normalized spacial score (nSPS) is 20.7. The predicted molar refractivity (Wildman–Crippen MR) is 62.3 cm³/mol. The molecule has 16 heavy (non-hydrogen) atoms. The van der Waals surface area contributed by atoms with Crippen LogP contribution in [-0.4, -0.2) is 49.8 Å². The minimum absolute atomic E-state index is 0.0715. The number of methoxy groups -OCH3 is 1. The van der Waals surface area contributed by atoms with Crippen molar-refractivity contribution >= 4 is 5.97 Å². The summed E-state index contributed by atoms with van der Waals surface area (Å²) in [5.41, 5.74) is 0. The van der Waals surface area contributed by atoms with Crippen molar-refractivity contribution in [3.05, 3.63) is 0 Å². The molecule has 0 aromatic rings. The lowest BCUT2D eigenvalue weighted by atomic mass is 10.0. The SMILES string of the molecule is CCOC(=O)C(CC)N1CCC(OC)CC1. The van der Waals surface area contributed by atoms with Gasteiger partial charge in [0.15, 0.2) is 0 Å². The zero-order valence-corrected chi connectivity index (χ0v) is 10.6. The maximum atomic E-state index is 11.7. The summed E-state index contributed by atoms with van der Waals surface area (Å²) in [6.07, 6.45) is 3.19. The molecule has 1 atom stereocenters. The van der Waals surface area contributed by atoms with E-state index in [4.69, 9.17) is 9.47 Å². The molecule has 1 saturated heterocycles. The van der Waals surface area contributed by atoms with Crippen LogP contribution in [0.25, 0.3) is 0 Å². The fraction of sp³-hybridized carbons (Fsp3) is 0.917. The van der Waals surface area contributed by atoms with Crippen LogP contribution in [0.3, 0.4) is 0 Å². The van der Waals surface area contributed by atoms with E-state index in [1.165, 1.54) is 0 Å². The second-order valence-electron chi connectivity index (χ2n) is 4.15. The van der Waals surface area contributed by atoms with E-state index < -0.39 is 0 Å². The van der Waals surface area contributed by atoms with E-state index in [0.717, 1.165) is 32.4 Å². The van der Waals surface area contributed by atoms with Crippen molar-refractivity contribution in [1.29, 1.82) is 0 Å². The first-order valence-corrected chi connectivity index (χ1v) is 6.16. The summed E-state index contributed by atoms with van der Waals surface area (Å²) in [7, 11) is 1.75. The molecule has 0 radical (unpaired) electrons. The molecule has 0 aromatic carbocycles. The molecule has 1 rings (SSSR count). The number of piperidine rings is 1. The molecular formula is C12H23NO3. The highest BCUT2D eigenvalue weighted by atomic mass is 16.5. The number of ether oxygens (including phenoxy) is 2. The highest BCUT2D eigenvalue weighted by Gasteiger charge is 2.29. The van der Waals surface area contributed by atoms with Crippen LogP contribution < -0.4 is 0 Å². The van der Waals surface area contributed by atoms with Gasteiger partial charge < -0.3 is 9.47 Å². The van der Waals surface area contributed by atoms with E-state index in [1.54, 1.807) is 7.11 Å². The van der Waals surface area contributed by atoms with Gasteiger partial charge in [-0.15, -0.1) is 0 Å². The van der Waals surface area contributed by atoms with Gasteiger partial charge in [-0.1, -0.05) is 6.92 Å². The molecule has 1 unspecified atom stereocenters. The molecule has 0 N–H and O–H groups in total. The molecule has 1 fully saturated rings. The molecule has 94 valence electrons. The summed E-state index contributed by atoms with van der Waals surface area (Å²) in [6, 6.07) is -0.0715. The van der Waals surface area contributed by atoms with Crippen molar-refractivity contribution in [2.45, 2.75) is 45.3 Å². The monoisotopic (exact) mass is 229 g/mol. The van der Waals surface area contributed by atoms with Crippen LogP contribution >= 0.6 is 0 Å². The van der Waals surface area contributed by atoms with Crippen molar-refractivity contribution in [2.24, 2.45) is 0 Å². The second kappa shape index (κ2) is 6.86. The Labute approximate surface area is 97.9 Å². The quantitative estimate of drug-likeness (QED) is 0.669. The van der Waals surface area contributed by atoms with Crippen molar-refractivity contribution in [3.63, 3.8) is 0 Å². The Morgan fingerprint density at radius 1 is 1.38 bits per heavy atom. The number of carbonyl (C=O) groups is 1. The van der Waals surface area contributed by atoms with Crippen LogP contribution in [0.2, 0.25) is 0 Å². The Morgan fingerprint density at radius 3 is 2.44 bits per heavy atom. The van der Waals surface area contributed by atoms with Gasteiger partial charge in [0.1, 0.15) is 6.04 Å². The molecular weight excluding hydrogens is 206 g/mol. The van der Waals surface area contributed by atoms with Crippen molar-refractivity contribution in [2.75, 3.05) is 26.8 Å². The molecule has 0 amide bonds. The molecule has 4 nitrogen and oxygen atoms in total. The second-order valence-corrected chi connectivity index (χ2v) is 4.15. The lowest BCUT2D eigenvalue weighted by Crippen LogP contribution is -2.47.